The van der Waals surface area contributed by atoms with Crippen LogP contribution in [-0.4, -0.2) is 46.9 Å². The van der Waals surface area contributed by atoms with Gasteiger partial charge in [0.15, 0.2) is 5.96 Å². The van der Waals surface area contributed by atoms with E-state index in [0.29, 0.717) is 12.6 Å². The highest BCUT2D eigenvalue weighted by Gasteiger charge is 2.21. The maximum atomic E-state index is 4.34. The van der Waals surface area contributed by atoms with E-state index in [1.165, 1.54) is 17.7 Å². The highest BCUT2D eigenvalue weighted by atomic mass is 127. The summed E-state index contributed by atoms with van der Waals surface area (Å²) in [4.78, 5) is 11.0. The lowest BCUT2D eigenvalue weighted by atomic mass is 10.0. The molecule has 2 N–H and O–H groups in total. The quantitative estimate of drug-likeness (QED) is 0.408. The number of benzene rings is 1. The molecule has 1 saturated heterocycles. The molecule has 2 heterocycles. The van der Waals surface area contributed by atoms with Gasteiger partial charge in [-0.1, -0.05) is 17.7 Å². The van der Waals surface area contributed by atoms with Gasteiger partial charge >= 0.3 is 0 Å². The van der Waals surface area contributed by atoms with Gasteiger partial charge in [-0.25, -0.2) is 4.98 Å². The van der Waals surface area contributed by atoms with E-state index in [-0.39, 0.29) is 24.0 Å². The van der Waals surface area contributed by atoms with Gasteiger partial charge in [-0.15, -0.1) is 24.0 Å². The lowest BCUT2D eigenvalue weighted by molar-refractivity contribution is 0.467. The number of hydrogen-bond acceptors (Lipinski definition) is 4. The van der Waals surface area contributed by atoms with Crippen LogP contribution in [0.1, 0.15) is 24.2 Å². The highest BCUT2D eigenvalue weighted by molar-refractivity contribution is 14.0. The smallest absolute Gasteiger partial charge is 0.191 e. The Morgan fingerprint density at radius 2 is 2.08 bits per heavy atom. The third kappa shape index (κ3) is 5.33. The van der Waals surface area contributed by atoms with E-state index in [0.717, 1.165) is 31.3 Å². The van der Waals surface area contributed by atoms with Gasteiger partial charge in [-0.2, -0.15) is 5.10 Å². The van der Waals surface area contributed by atoms with E-state index in [1.807, 2.05) is 7.05 Å². The monoisotopic (exact) mass is 469 g/mol. The van der Waals surface area contributed by atoms with Crippen LogP contribution >= 0.6 is 24.0 Å². The molecular formula is C18H28IN7. The van der Waals surface area contributed by atoms with E-state index in [4.69, 9.17) is 0 Å². The van der Waals surface area contributed by atoms with Gasteiger partial charge in [-0.05, 0) is 31.9 Å². The number of aryl methyl sites for hydroxylation is 2. The lowest BCUT2D eigenvalue weighted by Crippen LogP contribution is -2.51. The second-order valence-electron chi connectivity index (χ2n) is 6.49. The first kappa shape index (κ1) is 20.5. The molecule has 2 aromatic rings. The first-order chi connectivity index (χ1) is 12.2. The Morgan fingerprint density at radius 1 is 1.31 bits per heavy atom. The van der Waals surface area contributed by atoms with Crippen molar-refractivity contribution in [3.8, 4) is 0 Å². The molecule has 8 heteroatoms. The van der Waals surface area contributed by atoms with Gasteiger partial charge in [0.1, 0.15) is 12.2 Å². The van der Waals surface area contributed by atoms with E-state index < -0.39 is 0 Å². The molecule has 1 aliphatic heterocycles. The minimum Gasteiger partial charge on any atom is -0.369 e. The Morgan fingerprint density at radius 3 is 2.73 bits per heavy atom. The van der Waals surface area contributed by atoms with E-state index in [2.05, 4.69) is 61.8 Å². The van der Waals surface area contributed by atoms with Gasteiger partial charge < -0.3 is 15.5 Å². The minimum atomic E-state index is 0. The van der Waals surface area contributed by atoms with Crippen molar-refractivity contribution in [2.45, 2.75) is 32.4 Å². The topological polar surface area (TPSA) is 70.4 Å². The summed E-state index contributed by atoms with van der Waals surface area (Å²) in [7, 11) is 3.69. The molecule has 1 atom stereocenters. The van der Waals surface area contributed by atoms with Crippen molar-refractivity contribution in [2.24, 2.45) is 12.0 Å². The van der Waals surface area contributed by atoms with Crippen LogP contribution < -0.4 is 15.5 Å². The third-order valence-electron chi connectivity index (χ3n) is 4.60. The van der Waals surface area contributed by atoms with E-state index in [1.54, 1.807) is 18.1 Å². The second-order valence-corrected chi connectivity index (χ2v) is 6.49. The number of halogens is 1. The molecular weight excluding hydrogens is 441 g/mol. The van der Waals surface area contributed by atoms with Crippen LogP contribution in [0.5, 0.6) is 0 Å². The van der Waals surface area contributed by atoms with Crippen LogP contribution in [0.15, 0.2) is 35.6 Å². The standard InChI is InChI=1S/C18H27N7.HI/c1-14-6-8-16(9-7-14)25-10-4-5-15(12-25)23-18(19-2)20-11-17-21-13-22-24(17)3;/h6-9,13,15H,4-5,10-12H2,1-3H3,(H2,19,20,23);1H. The van der Waals surface area contributed by atoms with Crippen molar-refractivity contribution >= 4 is 35.6 Å². The fourth-order valence-corrected chi connectivity index (χ4v) is 3.12. The zero-order valence-corrected chi connectivity index (χ0v) is 18.0. The van der Waals surface area contributed by atoms with Gasteiger partial charge in [-0.3, -0.25) is 9.67 Å². The Balaban J connectivity index is 0.00000243. The van der Waals surface area contributed by atoms with Crippen LogP contribution in [0.2, 0.25) is 0 Å². The van der Waals surface area contributed by atoms with Crippen molar-refractivity contribution < 1.29 is 0 Å². The molecule has 7 nitrogen and oxygen atoms in total. The summed E-state index contributed by atoms with van der Waals surface area (Å²) in [5, 5.41) is 10.9. The van der Waals surface area contributed by atoms with Gasteiger partial charge in [0.25, 0.3) is 0 Å². The Labute approximate surface area is 172 Å². The summed E-state index contributed by atoms with van der Waals surface area (Å²) in [5.41, 5.74) is 2.59. The van der Waals surface area contributed by atoms with E-state index in [9.17, 15) is 0 Å². The fourth-order valence-electron chi connectivity index (χ4n) is 3.12. The van der Waals surface area contributed by atoms with Crippen molar-refractivity contribution in [3.05, 3.63) is 42.0 Å². The molecule has 1 aliphatic rings. The fraction of sp³-hybridized carbons (Fsp3) is 0.500. The van der Waals surface area contributed by atoms with Crippen LogP contribution in [0, 0.1) is 6.92 Å². The molecule has 3 rings (SSSR count). The van der Waals surface area contributed by atoms with Crippen LogP contribution in [-0.2, 0) is 13.6 Å². The van der Waals surface area contributed by atoms with Crippen LogP contribution in [0.25, 0.3) is 0 Å². The molecule has 1 aromatic heterocycles. The second kappa shape index (κ2) is 9.75. The Bertz CT molecular complexity index is 711. The SMILES string of the molecule is CN=C(NCc1ncnn1C)NC1CCCN(c2ccc(C)cc2)C1.I. The highest BCUT2D eigenvalue weighted by Crippen LogP contribution is 2.20. The molecule has 0 amide bonds. The number of piperidine rings is 1. The van der Waals surface area contributed by atoms with Gasteiger partial charge in [0.05, 0.1) is 6.54 Å². The molecule has 0 spiro atoms. The maximum absolute atomic E-state index is 4.34. The van der Waals surface area contributed by atoms with Crippen molar-refractivity contribution in [3.63, 3.8) is 0 Å². The summed E-state index contributed by atoms with van der Waals surface area (Å²) in [6, 6.07) is 9.14. The number of aromatic nitrogens is 3. The van der Waals surface area contributed by atoms with Crippen LogP contribution in [0.4, 0.5) is 5.69 Å². The first-order valence-electron chi connectivity index (χ1n) is 8.77. The number of rotatable bonds is 4. The van der Waals surface area contributed by atoms with Crippen molar-refractivity contribution in [1.82, 2.24) is 25.4 Å². The number of guanidine groups is 1. The summed E-state index contributed by atoms with van der Waals surface area (Å²) in [6.07, 6.45) is 3.88. The average Bonchev–Trinajstić information content (AvgIpc) is 3.04. The molecule has 1 unspecified atom stereocenters. The zero-order valence-electron chi connectivity index (χ0n) is 15.6. The first-order valence-corrected chi connectivity index (χ1v) is 8.77. The number of nitrogens with one attached hydrogen (secondary N) is 2. The number of nitrogens with zero attached hydrogens (tertiary/aromatic N) is 5. The largest absolute Gasteiger partial charge is 0.369 e. The molecule has 1 fully saturated rings. The summed E-state index contributed by atoms with van der Waals surface area (Å²) >= 11 is 0. The van der Waals surface area contributed by atoms with Crippen molar-refractivity contribution in [2.75, 3.05) is 25.0 Å². The predicted octanol–water partition coefficient (Wildman–Crippen LogP) is 2.08. The number of aliphatic imine (C=N–C) groups is 1. The molecule has 26 heavy (non-hydrogen) atoms. The van der Waals surface area contributed by atoms with Crippen molar-refractivity contribution in [1.29, 1.82) is 0 Å². The normalized spacial score (nSPS) is 17.6. The molecule has 0 saturated carbocycles. The molecule has 0 bridgehead atoms. The summed E-state index contributed by atoms with van der Waals surface area (Å²) in [6.45, 7) is 4.81. The number of hydrogen-bond donors (Lipinski definition) is 2. The summed E-state index contributed by atoms with van der Waals surface area (Å²) in [5.74, 6) is 1.69. The molecule has 0 radical (unpaired) electrons. The zero-order chi connectivity index (χ0) is 17.6. The third-order valence-corrected chi connectivity index (χ3v) is 4.60. The predicted molar refractivity (Wildman–Crippen MR) is 116 cm³/mol. The molecule has 1 aromatic carbocycles. The Kier molecular flexibility index (Phi) is 7.67. The number of anilines is 1. The minimum absolute atomic E-state index is 0. The Hall–Kier alpha value is -1.84. The molecule has 142 valence electrons. The lowest BCUT2D eigenvalue weighted by Gasteiger charge is -2.35. The van der Waals surface area contributed by atoms with Gasteiger partial charge in [0.2, 0.25) is 0 Å². The average molecular weight is 469 g/mol. The maximum Gasteiger partial charge on any atom is 0.191 e. The summed E-state index contributed by atoms with van der Waals surface area (Å²) < 4.78 is 1.76. The van der Waals surface area contributed by atoms with Gasteiger partial charge in [0, 0.05) is 38.9 Å². The molecule has 0 aliphatic carbocycles. The van der Waals surface area contributed by atoms with E-state index >= 15 is 0 Å². The van der Waals surface area contributed by atoms with Crippen LogP contribution in [0.3, 0.4) is 0 Å².